The van der Waals surface area contributed by atoms with Crippen LogP contribution in [0.1, 0.15) is 12.0 Å². The molecule has 0 fully saturated rings. The lowest BCUT2D eigenvalue weighted by Crippen LogP contribution is -2.39. The Morgan fingerprint density at radius 2 is 1.57 bits per heavy atom. The lowest BCUT2D eigenvalue weighted by atomic mass is 9.94. The summed E-state index contributed by atoms with van der Waals surface area (Å²) in [7, 11) is 0. The maximum absolute atomic E-state index is 2.53. The van der Waals surface area contributed by atoms with Gasteiger partial charge in [0.25, 0.3) is 0 Å². The van der Waals surface area contributed by atoms with Crippen molar-refractivity contribution in [1.29, 1.82) is 0 Å². The smallest absolute Gasteiger partial charge is 0.0371 e. The number of hydrogen-bond donors (Lipinski definition) is 0. The molecule has 3 aromatic rings. The van der Waals surface area contributed by atoms with Crippen molar-refractivity contribution < 1.29 is 0 Å². The van der Waals surface area contributed by atoms with Crippen LogP contribution in [0.3, 0.4) is 0 Å². The molecule has 1 aliphatic rings. The molecular weight excluding hydrogens is 278 g/mol. The molecule has 1 nitrogen and oxygen atoms in total. The number of anilines is 1. The maximum Gasteiger partial charge on any atom is 0.0371 e. The highest BCUT2D eigenvalue weighted by Gasteiger charge is 2.20. The Hall–Kier alpha value is -2.54. The molecule has 1 heteroatoms. The molecule has 0 saturated heterocycles. The van der Waals surface area contributed by atoms with E-state index in [1.54, 1.807) is 0 Å². The van der Waals surface area contributed by atoms with E-state index in [2.05, 4.69) is 89.8 Å². The van der Waals surface area contributed by atoms with Crippen LogP contribution >= 0.6 is 0 Å². The second kappa shape index (κ2) is 6.29. The van der Waals surface area contributed by atoms with Crippen LogP contribution in [0.5, 0.6) is 0 Å². The van der Waals surface area contributed by atoms with Gasteiger partial charge in [0.05, 0.1) is 0 Å². The Morgan fingerprint density at radius 3 is 2.48 bits per heavy atom. The monoisotopic (exact) mass is 299 g/mol. The zero-order valence-electron chi connectivity index (χ0n) is 13.2. The van der Waals surface area contributed by atoms with E-state index in [9.17, 15) is 0 Å². The fourth-order valence-electron chi connectivity index (χ4n) is 3.57. The van der Waals surface area contributed by atoms with Crippen LogP contribution < -0.4 is 4.90 Å². The summed E-state index contributed by atoms with van der Waals surface area (Å²) in [5.41, 5.74) is 2.77. The van der Waals surface area contributed by atoms with Crippen molar-refractivity contribution in [2.24, 2.45) is 0 Å². The minimum absolute atomic E-state index is 0.521. The van der Waals surface area contributed by atoms with Gasteiger partial charge in [-0.1, -0.05) is 72.8 Å². The highest BCUT2D eigenvalue weighted by Crippen LogP contribution is 2.27. The Balaban J connectivity index is 1.67. The first-order valence-corrected chi connectivity index (χ1v) is 8.35. The van der Waals surface area contributed by atoms with E-state index in [0.717, 1.165) is 19.4 Å². The SMILES string of the molecule is C1=CCN(c2ccccc2)C(Cc2cccc3ccccc23)C1. The fourth-order valence-corrected chi connectivity index (χ4v) is 3.57. The number of hydrogen-bond acceptors (Lipinski definition) is 1. The number of para-hydroxylation sites is 1. The van der Waals surface area contributed by atoms with Gasteiger partial charge in [0.15, 0.2) is 0 Å². The molecule has 0 amide bonds. The highest BCUT2D eigenvalue weighted by molar-refractivity contribution is 5.85. The largest absolute Gasteiger partial charge is 0.364 e. The molecule has 0 radical (unpaired) electrons. The number of rotatable bonds is 3. The van der Waals surface area contributed by atoms with Crippen molar-refractivity contribution in [2.45, 2.75) is 18.9 Å². The molecule has 1 aliphatic heterocycles. The molecule has 114 valence electrons. The lowest BCUT2D eigenvalue weighted by Gasteiger charge is -2.35. The van der Waals surface area contributed by atoms with Gasteiger partial charge >= 0.3 is 0 Å². The molecule has 0 aromatic heterocycles. The van der Waals surface area contributed by atoms with Gasteiger partial charge in [-0.3, -0.25) is 0 Å². The molecule has 0 saturated carbocycles. The van der Waals surface area contributed by atoms with Crippen molar-refractivity contribution >= 4 is 16.5 Å². The normalized spacial score (nSPS) is 17.6. The van der Waals surface area contributed by atoms with E-state index in [-0.39, 0.29) is 0 Å². The number of fused-ring (bicyclic) bond motifs is 1. The van der Waals surface area contributed by atoms with Gasteiger partial charge in [0.1, 0.15) is 0 Å². The minimum Gasteiger partial charge on any atom is -0.364 e. The topological polar surface area (TPSA) is 3.24 Å². The molecule has 0 N–H and O–H groups in total. The van der Waals surface area contributed by atoms with Crippen LogP contribution in [0.2, 0.25) is 0 Å². The van der Waals surface area contributed by atoms with Crippen molar-refractivity contribution in [1.82, 2.24) is 0 Å². The van der Waals surface area contributed by atoms with Gasteiger partial charge in [-0.05, 0) is 41.3 Å². The summed E-state index contributed by atoms with van der Waals surface area (Å²) in [5.74, 6) is 0. The lowest BCUT2D eigenvalue weighted by molar-refractivity contribution is 0.599. The van der Waals surface area contributed by atoms with Crippen LogP contribution in [0, 0.1) is 0 Å². The molecule has 1 unspecified atom stereocenters. The van der Waals surface area contributed by atoms with Crippen molar-refractivity contribution in [3.05, 3.63) is 90.5 Å². The fraction of sp³-hybridized carbons (Fsp3) is 0.182. The average Bonchev–Trinajstić information content (AvgIpc) is 2.63. The molecule has 0 spiro atoms. The molecule has 3 aromatic carbocycles. The first-order valence-electron chi connectivity index (χ1n) is 8.35. The van der Waals surface area contributed by atoms with E-state index in [4.69, 9.17) is 0 Å². The van der Waals surface area contributed by atoms with E-state index in [1.807, 2.05) is 0 Å². The molecule has 4 rings (SSSR count). The summed E-state index contributed by atoms with van der Waals surface area (Å²) in [4.78, 5) is 2.53. The van der Waals surface area contributed by atoms with Crippen LogP contribution in [0.15, 0.2) is 84.9 Å². The van der Waals surface area contributed by atoms with E-state index < -0.39 is 0 Å². The third-order valence-corrected chi connectivity index (χ3v) is 4.74. The standard InChI is InChI=1S/C22H21N/c1-2-12-20(13-3-1)23-16-7-6-14-21(23)17-19-11-8-10-18-9-4-5-15-22(18)19/h1-13,15,21H,14,16-17H2. The third kappa shape index (κ3) is 2.87. The van der Waals surface area contributed by atoms with E-state index in [1.165, 1.54) is 22.0 Å². The summed E-state index contributed by atoms with van der Waals surface area (Å²) in [6, 6.07) is 26.7. The van der Waals surface area contributed by atoms with Gasteiger partial charge in [0.2, 0.25) is 0 Å². The molecule has 1 atom stereocenters. The summed E-state index contributed by atoms with van der Waals surface area (Å²) in [6.07, 6.45) is 6.81. The minimum atomic E-state index is 0.521. The summed E-state index contributed by atoms with van der Waals surface area (Å²) < 4.78 is 0. The summed E-state index contributed by atoms with van der Waals surface area (Å²) in [6.45, 7) is 0.999. The van der Waals surface area contributed by atoms with Gasteiger partial charge in [-0.25, -0.2) is 0 Å². The van der Waals surface area contributed by atoms with Crippen LogP contribution in [0.4, 0.5) is 5.69 Å². The van der Waals surface area contributed by atoms with Gasteiger partial charge in [0, 0.05) is 18.3 Å². The molecule has 0 aliphatic carbocycles. The predicted molar refractivity (Wildman–Crippen MR) is 99.0 cm³/mol. The Kier molecular flexibility index (Phi) is 3.85. The Bertz CT molecular complexity index is 814. The molecule has 23 heavy (non-hydrogen) atoms. The maximum atomic E-state index is 2.53. The zero-order chi connectivity index (χ0) is 15.5. The van der Waals surface area contributed by atoms with Crippen molar-refractivity contribution in [3.8, 4) is 0 Å². The summed E-state index contributed by atoms with van der Waals surface area (Å²) >= 11 is 0. The van der Waals surface area contributed by atoms with Crippen LogP contribution in [-0.2, 0) is 6.42 Å². The van der Waals surface area contributed by atoms with Crippen LogP contribution in [-0.4, -0.2) is 12.6 Å². The van der Waals surface area contributed by atoms with Crippen molar-refractivity contribution in [2.75, 3.05) is 11.4 Å². The average molecular weight is 299 g/mol. The van der Waals surface area contributed by atoms with Gasteiger partial charge < -0.3 is 4.90 Å². The second-order valence-corrected chi connectivity index (χ2v) is 6.19. The van der Waals surface area contributed by atoms with Gasteiger partial charge in [-0.2, -0.15) is 0 Å². The first kappa shape index (κ1) is 14.1. The van der Waals surface area contributed by atoms with Crippen LogP contribution in [0.25, 0.3) is 10.8 Å². The molecule has 0 bridgehead atoms. The second-order valence-electron chi connectivity index (χ2n) is 6.19. The summed E-state index contributed by atoms with van der Waals surface area (Å²) in [5, 5.41) is 2.72. The van der Waals surface area contributed by atoms with E-state index in [0.29, 0.717) is 6.04 Å². The first-order chi connectivity index (χ1) is 11.4. The Labute approximate surface area is 137 Å². The Morgan fingerprint density at radius 1 is 0.783 bits per heavy atom. The highest BCUT2D eigenvalue weighted by atomic mass is 15.2. The number of benzene rings is 3. The molecular formula is C22H21N. The molecule has 1 heterocycles. The predicted octanol–water partition coefficient (Wildman–Crippen LogP) is 5.22. The van der Waals surface area contributed by atoms with Gasteiger partial charge in [-0.15, -0.1) is 0 Å². The van der Waals surface area contributed by atoms with Crippen molar-refractivity contribution in [3.63, 3.8) is 0 Å². The third-order valence-electron chi connectivity index (χ3n) is 4.74. The number of nitrogens with zero attached hydrogens (tertiary/aromatic N) is 1. The zero-order valence-corrected chi connectivity index (χ0v) is 13.2. The quantitative estimate of drug-likeness (QED) is 0.599. The van der Waals surface area contributed by atoms with E-state index >= 15 is 0 Å².